The lowest BCUT2D eigenvalue weighted by Crippen LogP contribution is -2.42. The maximum Gasteiger partial charge on any atom is 0.168 e. The Morgan fingerprint density at radius 3 is 2.68 bits per heavy atom. The van der Waals surface area contributed by atoms with Crippen molar-refractivity contribution in [3.05, 3.63) is 23.8 Å². The first-order valence-corrected chi connectivity index (χ1v) is 7.80. The summed E-state index contributed by atoms with van der Waals surface area (Å²) < 4.78 is 17.1. The van der Waals surface area contributed by atoms with Gasteiger partial charge in [0, 0.05) is 24.5 Å². The zero-order valence-electron chi connectivity index (χ0n) is 12.4. The van der Waals surface area contributed by atoms with E-state index in [1.165, 1.54) is 5.56 Å². The highest BCUT2D eigenvalue weighted by Crippen LogP contribution is 2.51. The summed E-state index contributed by atoms with van der Waals surface area (Å²) >= 11 is 0. The molecule has 2 spiro atoms. The lowest BCUT2D eigenvalue weighted by molar-refractivity contribution is -0.181. The molecule has 2 fully saturated rings. The Labute approximate surface area is 129 Å². The Morgan fingerprint density at radius 2 is 1.95 bits per heavy atom. The molecule has 22 heavy (non-hydrogen) atoms. The second-order valence-electron chi connectivity index (χ2n) is 6.18. The maximum atomic E-state index is 10.5. The molecule has 0 aromatic heterocycles. The number of aliphatic imine (C=N–C) groups is 1. The van der Waals surface area contributed by atoms with Crippen LogP contribution in [0.3, 0.4) is 0 Å². The lowest BCUT2D eigenvalue weighted by Gasteiger charge is -2.40. The van der Waals surface area contributed by atoms with Gasteiger partial charge in [-0.05, 0) is 36.6 Å². The molecule has 1 aliphatic carbocycles. The summed E-state index contributed by atoms with van der Waals surface area (Å²) in [5.41, 5.74) is 2.16. The van der Waals surface area contributed by atoms with Gasteiger partial charge in [0.2, 0.25) is 0 Å². The minimum Gasteiger partial charge on any atom is -0.486 e. The molecule has 1 saturated heterocycles. The SMILES string of the molecule is O=CCOc1ccc2c(c1)C1(C=N2)CCC2(CC1)OCCO2. The molecule has 0 bridgehead atoms. The largest absolute Gasteiger partial charge is 0.486 e. The number of benzene rings is 1. The molecule has 0 atom stereocenters. The number of nitrogens with zero attached hydrogens (tertiary/aromatic N) is 1. The highest BCUT2D eigenvalue weighted by molar-refractivity contribution is 5.85. The highest BCUT2D eigenvalue weighted by Gasteiger charge is 2.48. The smallest absolute Gasteiger partial charge is 0.168 e. The first-order chi connectivity index (χ1) is 10.8. The van der Waals surface area contributed by atoms with Crippen molar-refractivity contribution in [1.29, 1.82) is 0 Å². The summed E-state index contributed by atoms with van der Waals surface area (Å²) in [6.45, 7) is 1.47. The van der Waals surface area contributed by atoms with E-state index in [9.17, 15) is 4.79 Å². The number of carbonyl (C=O) groups is 1. The molecular weight excluding hydrogens is 282 g/mol. The van der Waals surface area contributed by atoms with Crippen molar-refractivity contribution in [2.24, 2.45) is 4.99 Å². The van der Waals surface area contributed by atoms with E-state index in [-0.39, 0.29) is 17.8 Å². The van der Waals surface area contributed by atoms with Crippen LogP contribution in [0.25, 0.3) is 0 Å². The van der Waals surface area contributed by atoms with E-state index in [0.29, 0.717) is 13.2 Å². The summed E-state index contributed by atoms with van der Waals surface area (Å²) in [6, 6.07) is 5.86. The fourth-order valence-corrected chi connectivity index (χ4v) is 3.77. The quantitative estimate of drug-likeness (QED) is 0.805. The van der Waals surface area contributed by atoms with Gasteiger partial charge in [0.15, 0.2) is 12.1 Å². The van der Waals surface area contributed by atoms with Gasteiger partial charge in [0.05, 0.1) is 18.9 Å². The Hall–Kier alpha value is -1.72. The van der Waals surface area contributed by atoms with Crippen molar-refractivity contribution in [3.63, 3.8) is 0 Å². The number of ether oxygens (including phenoxy) is 3. The molecule has 0 amide bonds. The van der Waals surface area contributed by atoms with Crippen LogP contribution in [0.15, 0.2) is 23.2 Å². The number of hydrogen-bond acceptors (Lipinski definition) is 5. The van der Waals surface area contributed by atoms with Crippen LogP contribution in [0.1, 0.15) is 31.2 Å². The Bertz CT molecular complexity index is 609. The molecule has 1 aromatic rings. The van der Waals surface area contributed by atoms with Crippen molar-refractivity contribution in [2.75, 3.05) is 19.8 Å². The molecule has 2 heterocycles. The van der Waals surface area contributed by atoms with E-state index in [4.69, 9.17) is 14.2 Å². The summed E-state index contributed by atoms with van der Waals surface area (Å²) in [5.74, 6) is 0.359. The average Bonchev–Trinajstić information content (AvgIpc) is 3.15. The Balaban J connectivity index is 1.58. The monoisotopic (exact) mass is 301 g/mol. The van der Waals surface area contributed by atoms with Gasteiger partial charge in [-0.15, -0.1) is 0 Å². The highest BCUT2D eigenvalue weighted by atomic mass is 16.7. The standard InChI is InChI=1S/C17H19NO4/c19-7-8-20-13-1-2-15-14(11-13)16(12-18-15)3-5-17(6-4-16)21-9-10-22-17/h1-2,7,11-12H,3-6,8-10H2. The molecule has 2 aliphatic heterocycles. The van der Waals surface area contributed by atoms with Crippen LogP contribution in [-0.4, -0.2) is 38.1 Å². The molecule has 5 heteroatoms. The van der Waals surface area contributed by atoms with Crippen molar-refractivity contribution in [3.8, 4) is 5.75 Å². The molecule has 0 radical (unpaired) electrons. The second kappa shape index (κ2) is 5.18. The molecule has 0 N–H and O–H groups in total. The van der Waals surface area contributed by atoms with Gasteiger partial charge in [-0.25, -0.2) is 0 Å². The summed E-state index contributed by atoms with van der Waals surface area (Å²) in [4.78, 5) is 15.1. The predicted octanol–water partition coefficient (Wildman–Crippen LogP) is 2.54. The van der Waals surface area contributed by atoms with Crippen molar-refractivity contribution >= 4 is 18.2 Å². The lowest BCUT2D eigenvalue weighted by atomic mass is 9.69. The molecular formula is C17H19NO4. The van der Waals surface area contributed by atoms with E-state index in [1.54, 1.807) is 0 Å². The van der Waals surface area contributed by atoms with E-state index < -0.39 is 0 Å². The van der Waals surface area contributed by atoms with Crippen LogP contribution in [0, 0.1) is 0 Å². The fourth-order valence-electron chi connectivity index (χ4n) is 3.77. The zero-order chi connectivity index (χ0) is 15.0. The van der Waals surface area contributed by atoms with Crippen LogP contribution in [-0.2, 0) is 19.7 Å². The molecule has 0 unspecified atom stereocenters. The van der Waals surface area contributed by atoms with Crippen molar-refractivity contribution in [1.82, 2.24) is 0 Å². The van der Waals surface area contributed by atoms with E-state index in [2.05, 4.69) is 11.2 Å². The van der Waals surface area contributed by atoms with Gasteiger partial charge in [-0.1, -0.05) is 0 Å². The van der Waals surface area contributed by atoms with Crippen LogP contribution in [0.2, 0.25) is 0 Å². The third-order valence-corrected chi connectivity index (χ3v) is 4.99. The van der Waals surface area contributed by atoms with Gasteiger partial charge in [-0.2, -0.15) is 0 Å². The molecule has 1 aromatic carbocycles. The topological polar surface area (TPSA) is 57.1 Å². The number of carbonyl (C=O) groups excluding carboxylic acids is 1. The van der Waals surface area contributed by atoms with Gasteiger partial charge >= 0.3 is 0 Å². The minimum atomic E-state index is -0.368. The van der Waals surface area contributed by atoms with E-state index >= 15 is 0 Å². The second-order valence-corrected chi connectivity index (χ2v) is 6.18. The number of rotatable bonds is 3. The van der Waals surface area contributed by atoms with Gasteiger partial charge in [0.25, 0.3) is 0 Å². The van der Waals surface area contributed by atoms with E-state index in [1.807, 2.05) is 18.2 Å². The fraction of sp³-hybridized carbons (Fsp3) is 0.529. The van der Waals surface area contributed by atoms with Gasteiger partial charge in [-0.3, -0.25) is 9.79 Å². The predicted molar refractivity (Wildman–Crippen MR) is 80.9 cm³/mol. The molecule has 1 saturated carbocycles. The van der Waals surface area contributed by atoms with Crippen LogP contribution < -0.4 is 4.74 Å². The van der Waals surface area contributed by atoms with E-state index in [0.717, 1.165) is 43.4 Å². The third-order valence-electron chi connectivity index (χ3n) is 4.99. The van der Waals surface area contributed by atoms with Crippen molar-refractivity contribution in [2.45, 2.75) is 36.9 Å². The molecule has 4 rings (SSSR count). The van der Waals surface area contributed by atoms with Gasteiger partial charge < -0.3 is 14.2 Å². The van der Waals surface area contributed by atoms with Crippen LogP contribution in [0.5, 0.6) is 5.75 Å². The zero-order valence-corrected chi connectivity index (χ0v) is 12.4. The number of hydrogen-bond donors (Lipinski definition) is 0. The van der Waals surface area contributed by atoms with Crippen molar-refractivity contribution < 1.29 is 19.0 Å². The Morgan fingerprint density at radius 1 is 1.18 bits per heavy atom. The summed E-state index contributed by atoms with van der Waals surface area (Å²) in [6.07, 6.45) is 6.53. The molecule has 3 aliphatic rings. The normalized spacial score (nSPS) is 23.8. The van der Waals surface area contributed by atoms with Crippen LogP contribution in [0.4, 0.5) is 5.69 Å². The number of fused-ring (bicyclic) bond motifs is 2. The average molecular weight is 301 g/mol. The van der Waals surface area contributed by atoms with Gasteiger partial charge in [0.1, 0.15) is 12.4 Å². The third kappa shape index (κ3) is 2.16. The first-order valence-electron chi connectivity index (χ1n) is 7.80. The maximum absolute atomic E-state index is 10.5. The Kier molecular flexibility index (Phi) is 3.27. The first kappa shape index (κ1) is 13.9. The number of aldehydes is 1. The summed E-state index contributed by atoms with van der Waals surface area (Å²) in [7, 11) is 0. The minimum absolute atomic E-state index is 0.0452. The summed E-state index contributed by atoms with van der Waals surface area (Å²) in [5, 5.41) is 0. The molecule has 5 nitrogen and oxygen atoms in total. The molecule has 116 valence electrons. The van der Waals surface area contributed by atoms with Crippen LogP contribution >= 0.6 is 0 Å².